The maximum Gasteiger partial charge on any atom is 0.269 e. The Morgan fingerprint density at radius 1 is 1.16 bits per heavy atom. The summed E-state index contributed by atoms with van der Waals surface area (Å²) in [6.07, 6.45) is 7.82. The molecule has 4 aliphatic rings. The molecule has 2 aromatic heterocycles. The first kappa shape index (κ1) is 35.6. The summed E-state index contributed by atoms with van der Waals surface area (Å²) in [5.74, 6) is -2.01. The monoisotopic (exact) mass is 831 g/mol. The number of ether oxygens (including phenoxy) is 1. The van der Waals surface area contributed by atoms with Crippen molar-refractivity contribution in [2.24, 2.45) is 11.8 Å². The zero-order chi connectivity index (χ0) is 36.1. The number of aryl methyl sites for hydroxylation is 2. The number of carbonyl (C=O) groups is 3. The van der Waals surface area contributed by atoms with Gasteiger partial charge in [0.15, 0.2) is 0 Å². The van der Waals surface area contributed by atoms with Gasteiger partial charge in [-0.15, -0.1) is 6.58 Å². The molecule has 4 heterocycles. The fourth-order valence-electron chi connectivity index (χ4n) is 6.83. The van der Waals surface area contributed by atoms with Gasteiger partial charge in [0, 0.05) is 44.6 Å². The van der Waals surface area contributed by atoms with Crippen molar-refractivity contribution < 1.29 is 32.4 Å². The molecule has 0 spiro atoms. The Labute approximate surface area is 310 Å². The third kappa shape index (κ3) is 7.31. The largest absolute Gasteiger partial charge is 0.445 e. The van der Waals surface area contributed by atoms with E-state index >= 15 is 0 Å². The van der Waals surface area contributed by atoms with Gasteiger partial charge in [0.05, 0.1) is 5.25 Å². The highest BCUT2D eigenvalue weighted by Crippen LogP contribution is 2.45. The molecule has 0 unspecified atom stereocenters. The van der Waals surface area contributed by atoms with Crippen molar-refractivity contribution in [1.29, 1.82) is 0 Å². The molecule has 1 saturated heterocycles. The van der Waals surface area contributed by atoms with Crippen LogP contribution in [0.4, 0.5) is 5.82 Å². The third-order valence-corrected chi connectivity index (χ3v) is 12.8. The SMILES string of the molecule is C=C[C@@H]1C[C@]1(NC(=O)[C@@H]1C[C@@H]2Oc3ncc(I)c4ccc(cc34)CCCCCc3cc(n[nH]3)N[C@@H](C(C)C)C(=O)N1O2)C(=O)NS(=O)(=O)C1CC1. The Morgan fingerprint density at radius 2 is 1.94 bits per heavy atom. The lowest BCUT2D eigenvalue weighted by Gasteiger charge is -2.29. The van der Waals surface area contributed by atoms with Gasteiger partial charge in [0.2, 0.25) is 28.1 Å². The number of pyridine rings is 1. The highest BCUT2D eigenvalue weighted by Gasteiger charge is 2.62. The number of nitrogens with zero attached hydrogens (tertiary/aromatic N) is 3. The fraction of sp³-hybridized carbons (Fsp3) is 0.514. The van der Waals surface area contributed by atoms with Crippen LogP contribution in [0.25, 0.3) is 10.8 Å². The van der Waals surface area contributed by atoms with Crippen molar-refractivity contribution in [2.45, 2.75) is 101 Å². The van der Waals surface area contributed by atoms with E-state index < -0.39 is 62.8 Å². The number of aromatic amines is 1. The normalized spacial score (nSPS) is 26.8. The Hall–Kier alpha value is -3.77. The number of carbonyl (C=O) groups excluding carboxylic acids is 3. The Kier molecular flexibility index (Phi) is 9.77. The molecule has 7 rings (SSSR count). The molecule has 3 aromatic rings. The summed E-state index contributed by atoms with van der Waals surface area (Å²) in [4.78, 5) is 52.8. The Morgan fingerprint density at radius 3 is 2.67 bits per heavy atom. The number of amides is 3. The van der Waals surface area contributed by atoms with E-state index in [4.69, 9.17) is 9.57 Å². The molecule has 14 nitrogen and oxygen atoms in total. The number of fused-ring (bicyclic) bond motifs is 5. The van der Waals surface area contributed by atoms with Crippen LogP contribution in [0.15, 0.2) is 43.1 Å². The van der Waals surface area contributed by atoms with E-state index in [2.05, 4.69) is 77.9 Å². The number of nitrogens with one attached hydrogen (secondary N) is 4. The second kappa shape index (κ2) is 14.0. The average molecular weight is 832 g/mol. The van der Waals surface area contributed by atoms with Crippen LogP contribution in [0.3, 0.4) is 0 Å². The van der Waals surface area contributed by atoms with Gasteiger partial charge in [-0.25, -0.2) is 23.3 Å². The highest BCUT2D eigenvalue weighted by atomic mass is 127. The first-order chi connectivity index (χ1) is 24.4. The lowest BCUT2D eigenvalue weighted by atomic mass is 10.0. The summed E-state index contributed by atoms with van der Waals surface area (Å²) in [5.41, 5.74) is 0.542. The van der Waals surface area contributed by atoms with Crippen LogP contribution in [-0.4, -0.2) is 75.5 Å². The van der Waals surface area contributed by atoms with Crippen molar-refractivity contribution in [1.82, 2.24) is 30.3 Å². The second-order valence-electron chi connectivity index (χ2n) is 14.2. The predicted molar refractivity (Wildman–Crippen MR) is 197 cm³/mol. The number of aromatic nitrogens is 3. The van der Waals surface area contributed by atoms with Gasteiger partial charge in [-0.1, -0.05) is 38.5 Å². The zero-order valence-corrected chi connectivity index (χ0v) is 31.5. The molecule has 1 aromatic carbocycles. The van der Waals surface area contributed by atoms with E-state index in [1.807, 2.05) is 19.9 Å². The van der Waals surface area contributed by atoms with Crippen LogP contribution in [0.2, 0.25) is 0 Å². The van der Waals surface area contributed by atoms with Crippen molar-refractivity contribution in [3.8, 4) is 5.88 Å². The number of rotatable bonds is 7. The number of benzene rings is 1. The Bertz CT molecular complexity index is 1980. The van der Waals surface area contributed by atoms with Crippen LogP contribution < -0.4 is 20.1 Å². The molecule has 51 heavy (non-hydrogen) atoms. The van der Waals surface area contributed by atoms with Gasteiger partial charge in [-0.05, 0) is 85.1 Å². The fourth-order valence-corrected chi connectivity index (χ4v) is 8.80. The smallest absolute Gasteiger partial charge is 0.269 e. The van der Waals surface area contributed by atoms with E-state index in [0.29, 0.717) is 24.5 Å². The molecular formula is C35H42IN7O7S. The summed E-state index contributed by atoms with van der Waals surface area (Å²) in [6.45, 7) is 7.52. The van der Waals surface area contributed by atoms with Crippen molar-refractivity contribution >= 4 is 66.9 Å². The van der Waals surface area contributed by atoms with Crippen LogP contribution >= 0.6 is 22.6 Å². The summed E-state index contributed by atoms with van der Waals surface area (Å²) >= 11 is 2.23. The topological polar surface area (TPSA) is 185 Å². The van der Waals surface area contributed by atoms with Crippen LogP contribution in [0, 0.1) is 15.4 Å². The number of hydrogen-bond acceptors (Lipinski definition) is 10. The Balaban J connectivity index is 1.22. The van der Waals surface area contributed by atoms with E-state index in [1.165, 1.54) is 6.08 Å². The van der Waals surface area contributed by atoms with Gasteiger partial charge in [-0.3, -0.25) is 24.2 Å². The first-order valence-corrected chi connectivity index (χ1v) is 20.1. The minimum absolute atomic E-state index is 0.0827. The van der Waals surface area contributed by atoms with Crippen LogP contribution in [0.5, 0.6) is 5.88 Å². The summed E-state index contributed by atoms with van der Waals surface area (Å²) in [5, 5.41) is 15.6. The van der Waals surface area contributed by atoms with Crippen molar-refractivity contribution in [2.75, 3.05) is 5.32 Å². The molecular weight excluding hydrogens is 789 g/mol. The highest BCUT2D eigenvalue weighted by molar-refractivity contribution is 14.1. The van der Waals surface area contributed by atoms with E-state index in [-0.39, 0.29) is 18.8 Å². The van der Waals surface area contributed by atoms with Crippen LogP contribution in [-0.2, 0) is 42.1 Å². The first-order valence-electron chi connectivity index (χ1n) is 17.4. The number of sulfonamides is 1. The quantitative estimate of drug-likeness (QED) is 0.201. The van der Waals surface area contributed by atoms with Crippen molar-refractivity contribution in [3.05, 3.63) is 57.9 Å². The van der Waals surface area contributed by atoms with Gasteiger partial charge in [0.1, 0.15) is 23.4 Å². The lowest BCUT2D eigenvalue weighted by Crippen LogP contribution is -2.57. The molecule has 2 aliphatic heterocycles. The van der Waals surface area contributed by atoms with E-state index in [0.717, 1.165) is 62.8 Å². The summed E-state index contributed by atoms with van der Waals surface area (Å²) in [7, 11) is -3.88. The van der Waals surface area contributed by atoms with Gasteiger partial charge in [-0.2, -0.15) is 5.10 Å². The van der Waals surface area contributed by atoms with Gasteiger partial charge >= 0.3 is 0 Å². The maximum absolute atomic E-state index is 14.4. The number of hydroxylamine groups is 2. The molecule has 3 fully saturated rings. The molecule has 3 amide bonds. The van der Waals surface area contributed by atoms with E-state index in [1.54, 1.807) is 6.20 Å². The molecule has 0 radical (unpaired) electrons. The average Bonchev–Trinajstić information content (AvgIpc) is 3.99. The number of hydrogen-bond donors (Lipinski definition) is 4. The molecule has 6 bridgehead atoms. The summed E-state index contributed by atoms with van der Waals surface area (Å²) < 4.78 is 34.8. The van der Waals surface area contributed by atoms with Crippen molar-refractivity contribution in [3.63, 3.8) is 0 Å². The molecule has 272 valence electrons. The number of anilines is 1. The third-order valence-electron chi connectivity index (χ3n) is 10.1. The second-order valence-corrected chi connectivity index (χ2v) is 17.4. The predicted octanol–water partition coefficient (Wildman–Crippen LogP) is 3.87. The molecule has 5 atom stereocenters. The maximum atomic E-state index is 14.4. The molecule has 2 saturated carbocycles. The lowest BCUT2D eigenvalue weighted by molar-refractivity contribution is -0.217. The molecule has 16 heteroatoms. The molecule has 4 N–H and O–H groups in total. The number of H-pyrrole nitrogens is 1. The minimum Gasteiger partial charge on any atom is -0.445 e. The van der Waals surface area contributed by atoms with E-state index in [9.17, 15) is 22.8 Å². The van der Waals surface area contributed by atoms with Gasteiger partial charge < -0.3 is 15.4 Å². The summed E-state index contributed by atoms with van der Waals surface area (Å²) in [6, 6.07) is 6.04. The van der Waals surface area contributed by atoms with Gasteiger partial charge in [0.25, 0.3) is 11.8 Å². The molecule has 2 aliphatic carbocycles. The standard InChI is InChI=1S/C35H42IN7O7S/c1-4-21-17-35(21,34(46)42-51(47,48)23-11-12-23)39-31(44)27-16-29-49-32-25-14-20(10-13-24(25)26(36)18-37-32)8-6-5-7-9-22-15-28(41-40-22)38-30(19(2)3)33(45)43(27)50-29/h4,10,13-15,18-19,21,23,27,29-30H,1,5-9,11-12,16-17H2,2-3H3,(H,39,44)(H,42,46)(H2,38,40,41)/t21-,27+,29-,30+,35-/m1/s1. The van der Waals surface area contributed by atoms with Crippen LogP contribution in [0.1, 0.15) is 70.1 Å². The number of halogens is 1. The zero-order valence-electron chi connectivity index (χ0n) is 28.5. The minimum atomic E-state index is -3.88.